The molecule has 0 N–H and O–H groups in total. The van der Waals surface area contributed by atoms with Gasteiger partial charge in [0.2, 0.25) is 0 Å². The maximum atomic E-state index is 11.7. The van der Waals surface area contributed by atoms with Gasteiger partial charge in [-0.05, 0) is 13.0 Å². The maximum absolute atomic E-state index is 11.7. The molecule has 1 aromatic heterocycles. The SMILES string of the molecule is CCOC(=O)N1Cc2c(oc3ccccc23)C(Cl)=N1. The normalized spacial score (nSPS) is 14.2. The minimum atomic E-state index is -0.517. The number of nitrogens with zero attached hydrogens (tertiary/aromatic N) is 2. The first-order valence-electron chi connectivity index (χ1n) is 5.90. The largest absolute Gasteiger partial charge is 0.453 e. The fourth-order valence-corrected chi connectivity index (χ4v) is 2.31. The quantitative estimate of drug-likeness (QED) is 0.804. The van der Waals surface area contributed by atoms with Crippen LogP contribution in [-0.4, -0.2) is 22.9 Å². The van der Waals surface area contributed by atoms with Crippen molar-refractivity contribution in [1.82, 2.24) is 5.01 Å². The predicted octanol–water partition coefficient (Wildman–Crippen LogP) is 3.31. The zero-order valence-electron chi connectivity index (χ0n) is 10.2. The Bertz CT molecular complexity index is 678. The molecule has 98 valence electrons. The molecule has 0 bridgehead atoms. The van der Waals surface area contributed by atoms with Crippen molar-refractivity contribution in [2.45, 2.75) is 13.5 Å². The molecule has 5 nitrogen and oxygen atoms in total. The molecule has 0 saturated heterocycles. The predicted molar refractivity (Wildman–Crippen MR) is 71.2 cm³/mol. The van der Waals surface area contributed by atoms with Crippen molar-refractivity contribution in [3.8, 4) is 0 Å². The number of rotatable bonds is 1. The summed E-state index contributed by atoms with van der Waals surface area (Å²) in [5, 5.41) is 6.28. The van der Waals surface area contributed by atoms with Gasteiger partial charge in [0.05, 0.1) is 13.2 Å². The van der Waals surface area contributed by atoms with E-state index < -0.39 is 6.09 Å². The Morgan fingerprint density at radius 1 is 1.53 bits per heavy atom. The van der Waals surface area contributed by atoms with Crippen LogP contribution in [0.4, 0.5) is 4.79 Å². The average molecular weight is 279 g/mol. The third-order valence-electron chi connectivity index (χ3n) is 2.88. The fraction of sp³-hybridized carbons (Fsp3) is 0.231. The number of carbonyl (C=O) groups excluding carboxylic acids is 1. The van der Waals surface area contributed by atoms with Crippen LogP contribution in [0.1, 0.15) is 18.2 Å². The summed E-state index contributed by atoms with van der Waals surface area (Å²) >= 11 is 6.06. The molecular formula is C13H11ClN2O3. The highest BCUT2D eigenvalue weighted by Crippen LogP contribution is 2.31. The van der Waals surface area contributed by atoms with Gasteiger partial charge in [-0.25, -0.2) is 4.79 Å². The Hall–Kier alpha value is -2.01. The molecule has 1 amide bonds. The molecule has 0 spiro atoms. The molecule has 0 unspecified atom stereocenters. The molecule has 2 aromatic rings. The summed E-state index contributed by atoms with van der Waals surface area (Å²) in [4.78, 5) is 11.7. The molecule has 0 atom stereocenters. The third-order valence-corrected chi connectivity index (χ3v) is 3.13. The van der Waals surface area contributed by atoms with Crippen LogP contribution in [0.3, 0.4) is 0 Å². The number of para-hydroxylation sites is 1. The monoisotopic (exact) mass is 278 g/mol. The van der Waals surface area contributed by atoms with E-state index in [1.807, 2.05) is 24.3 Å². The van der Waals surface area contributed by atoms with Crippen molar-refractivity contribution >= 4 is 33.8 Å². The number of hydrazone groups is 1. The van der Waals surface area contributed by atoms with Gasteiger partial charge in [0.1, 0.15) is 5.58 Å². The minimum absolute atomic E-state index is 0.158. The second-order valence-corrected chi connectivity index (χ2v) is 4.41. The molecular weight excluding hydrogens is 268 g/mol. The number of ether oxygens (including phenoxy) is 1. The smallest absolute Gasteiger partial charge is 0.430 e. The summed E-state index contributed by atoms with van der Waals surface area (Å²) < 4.78 is 10.6. The number of hydrogen-bond donors (Lipinski definition) is 0. The molecule has 19 heavy (non-hydrogen) atoms. The van der Waals surface area contributed by atoms with Gasteiger partial charge in [0.15, 0.2) is 10.9 Å². The van der Waals surface area contributed by atoms with Crippen molar-refractivity contribution in [3.63, 3.8) is 0 Å². The lowest BCUT2D eigenvalue weighted by atomic mass is 10.1. The topological polar surface area (TPSA) is 55.0 Å². The van der Waals surface area contributed by atoms with Gasteiger partial charge in [0, 0.05) is 10.9 Å². The van der Waals surface area contributed by atoms with E-state index in [-0.39, 0.29) is 5.17 Å². The van der Waals surface area contributed by atoms with E-state index in [2.05, 4.69) is 5.10 Å². The van der Waals surface area contributed by atoms with E-state index in [0.717, 1.165) is 16.5 Å². The van der Waals surface area contributed by atoms with E-state index in [0.29, 0.717) is 18.9 Å². The van der Waals surface area contributed by atoms with Crippen molar-refractivity contribution < 1.29 is 13.9 Å². The van der Waals surface area contributed by atoms with Crippen LogP contribution in [0.25, 0.3) is 11.0 Å². The fourth-order valence-electron chi connectivity index (χ4n) is 2.06. The van der Waals surface area contributed by atoms with Crippen LogP contribution >= 0.6 is 11.6 Å². The van der Waals surface area contributed by atoms with E-state index in [1.165, 1.54) is 5.01 Å². The molecule has 0 saturated carbocycles. The number of amides is 1. The van der Waals surface area contributed by atoms with Crippen molar-refractivity contribution in [2.24, 2.45) is 5.10 Å². The van der Waals surface area contributed by atoms with E-state index >= 15 is 0 Å². The molecule has 6 heteroatoms. The average Bonchev–Trinajstić information content (AvgIpc) is 2.78. The first kappa shape index (κ1) is 12.0. The number of halogens is 1. The second-order valence-electron chi connectivity index (χ2n) is 4.05. The van der Waals surface area contributed by atoms with Gasteiger partial charge in [-0.2, -0.15) is 10.1 Å². The summed E-state index contributed by atoms with van der Waals surface area (Å²) in [7, 11) is 0. The van der Waals surface area contributed by atoms with E-state index in [4.69, 9.17) is 20.8 Å². The van der Waals surface area contributed by atoms with Gasteiger partial charge in [0.25, 0.3) is 0 Å². The number of furan rings is 1. The van der Waals surface area contributed by atoms with Crippen LogP contribution in [0.2, 0.25) is 0 Å². The van der Waals surface area contributed by atoms with Gasteiger partial charge in [-0.15, -0.1) is 0 Å². The molecule has 0 radical (unpaired) electrons. The highest BCUT2D eigenvalue weighted by atomic mass is 35.5. The summed E-state index contributed by atoms with van der Waals surface area (Å²) in [6.07, 6.45) is -0.517. The summed E-state index contributed by atoms with van der Waals surface area (Å²) in [5.41, 5.74) is 1.58. The number of benzene rings is 1. The van der Waals surface area contributed by atoms with Crippen LogP contribution in [0, 0.1) is 0 Å². The summed E-state index contributed by atoms with van der Waals surface area (Å²) in [6.45, 7) is 2.33. The molecule has 1 aliphatic heterocycles. The lowest BCUT2D eigenvalue weighted by Gasteiger charge is -2.20. The van der Waals surface area contributed by atoms with E-state index in [9.17, 15) is 4.79 Å². The van der Waals surface area contributed by atoms with Crippen molar-refractivity contribution in [1.29, 1.82) is 0 Å². The highest BCUT2D eigenvalue weighted by Gasteiger charge is 2.28. The Morgan fingerprint density at radius 3 is 3.11 bits per heavy atom. The molecule has 2 heterocycles. The first-order chi connectivity index (χ1) is 9.20. The molecule has 0 fully saturated rings. The van der Waals surface area contributed by atoms with Crippen molar-refractivity contribution in [2.75, 3.05) is 6.61 Å². The third kappa shape index (κ3) is 1.96. The molecule has 3 rings (SSSR count). The molecule has 0 aliphatic carbocycles. The number of hydrogen-bond acceptors (Lipinski definition) is 4. The summed E-state index contributed by atoms with van der Waals surface area (Å²) in [5.74, 6) is 0.517. The lowest BCUT2D eigenvalue weighted by molar-refractivity contribution is 0.105. The Balaban J connectivity index is 2.05. The Morgan fingerprint density at radius 2 is 2.32 bits per heavy atom. The van der Waals surface area contributed by atoms with Crippen LogP contribution in [0.15, 0.2) is 33.8 Å². The van der Waals surface area contributed by atoms with Gasteiger partial charge < -0.3 is 9.15 Å². The van der Waals surface area contributed by atoms with Gasteiger partial charge in [-0.1, -0.05) is 29.8 Å². The number of carbonyl (C=O) groups is 1. The minimum Gasteiger partial charge on any atom is -0.453 e. The van der Waals surface area contributed by atoms with E-state index in [1.54, 1.807) is 6.92 Å². The number of fused-ring (bicyclic) bond motifs is 3. The zero-order valence-corrected chi connectivity index (χ0v) is 11.0. The standard InChI is InChI=1S/C13H11ClN2O3/c1-2-18-13(17)16-7-9-8-5-3-4-6-10(8)19-11(9)12(14)15-16/h3-6H,2,7H2,1H3. The maximum Gasteiger partial charge on any atom is 0.430 e. The first-order valence-corrected chi connectivity index (χ1v) is 6.27. The lowest BCUT2D eigenvalue weighted by Crippen LogP contribution is -2.30. The van der Waals surface area contributed by atoms with Gasteiger partial charge in [-0.3, -0.25) is 0 Å². The van der Waals surface area contributed by atoms with Crippen LogP contribution in [0.5, 0.6) is 0 Å². The molecule has 1 aromatic carbocycles. The Kier molecular flexibility index (Phi) is 2.91. The highest BCUT2D eigenvalue weighted by molar-refractivity contribution is 6.69. The van der Waals surface area contributed by atoms with Crippen LogP contribution < -0.4 is 0 Å². The second kappa shape index (κ2) is 4.59. The zero-order chi connectivity index (χ0) is 13.4. The summed E-state index contributed by atoms with van der Waals surface area (Å²) in [6, 6.07) is 7.57. The molecule has 1 aliphatic rings. The van der Waals surface area contributed by atoms with Crippen LogP contribution in [-0.2, 0) is 11.3 Å². The Labute approximate surface area is 114 Å². The van der Waals surface area contributed by atoms with Gasteiger partial charge >= 0.3 is 6.09 Å². The van der Waals surface area contributed by atoms with Crippen molar-refractivity contribution in [3.05, 3.63) is 35.6 Å².